The molecule has 4 nitrogen and oxygen atoms in total. The highest BCUT2D eigenvalue weighted by atomic mass is 32.2. The maximum atomic E-state index is 12.5. The van der Waals surface area contributed by atoms with Crippen LogP contribution in [0.25, 0.3) is 6.08 Å². The number of thioether (sulfide) groups is 1. The summed E-state index contributed by atoms with van der Waals surface area (Å²) >= 11 is 1.40. The average Bonchev–Trinajstić information content (AvgIpc) is 3.01. The third-order valence-electron chi connectivity index (χ3n) is 6.33. The van der Waals surface area contributed by atoms with Gasteiger partial charge in [-0.3, -0.25) is 4.79 Å². The van der Waals surface area contributed by atoms with Gasteiger partial charge in [0.05, 0.1) is 10.6 Å². The minimum atomic E-state index is -0.0911. The maximum Gasteiger partial charge on any atom is 0.264 e. The predicted octanol–water partition coefficient (Wildman–Crippen LogP) is 5.92. The minimum Gasteiger partial charge on any atom is -0.369 e. The molecule has 30 heavy (non-hydrogen) atoms. The standard InChI is InChI=1S/C25H29N3OS/c1-15-7-9-19(11-16(15)2)26-24-27-23(29)22(30-24)13-18-8-10-21-20(12-18)17(3)14-25(4,5)28(21)6/h7-13,17H,14H2,1-6H3,(H,26,27,29)/b22-13-/t17-/m0/s1. The van der Waals surface area contributed by atoms with Crippen LogP contribution in [0.2, 0.25) is 0 Å². The number of nitrogens with zero attached hydrogens (tertiary/aromatic N) is 2. The van der Waals surface area contributed by atoms with E-state index < -0.39 is 0 Å². The van der Waals surface area contributed by atoms with Crippen molar-refractivity contribution in [2.45, 2.75) is 52.5 Å². The first-order valence-corrected chi connectivity index (χ1v) is 11.2. The van der Waals surface area contributed by atoms with E-state index in [0.29, 0.717) is 16.0 Å². The van der Waals surface area contributed by atoms with Crippen molar-refractivity contribution in [3.05, 3.63) is 63.6 Å². The summed E-state index contributed by atoms with van der Waals surface area (Å²) in [5.41, 5.74) is 7.11. The molecule has 0 saturated carbocycles. The lowest BCUT2D eigenvalue weighted by molar-refractivity contribution is -0.115. The van der Waals surface area contributed by atoms with E-state index in [1.54, 1.807) is 0 Å². The average molecular weight is 420 g/mol. The number of hydrogen-bond donors (Lipinski definition) is 1. The quantitative estimate of drug-likeness (QED) is 0.615. The highest BCUT2D eigenvalue weighted by Gasteiger charge is 2.34. The molecule has 2 aromatic carbocycles. The first-order valence-electron chi connectivity index (χ1n) is 10.4. The lowest BCUT2D eigenvalue weighted by Gasteiger charge is -2.45. The molecule has 1 fully saturated rings. The number of fused-ring (bicyclic) bond motifs is 1. The van der Waals surface area contributed by atoms with Crippen LogP contribution in [0.1, 0.15) is 55.4 Å². The Bertz CT molecular complexity index is 1080. The lowest BCUT2D eigenvalue weighted by atomic mass is 9.80. The summed E-state index contributed by atoms with van der Waals surface area (Å²) in [6.45, 7) is 11.0. The number of carbonyl (C=O) groups excluding carboxylic acids is 1. The van der Waals surface area contributed by atoms with E-state index in [2.05, 4.69) is 81.1 Å². The molecule has 0 bridgehead atoms. The third kappa shape index (κ3) is 3.91. The van der Waals surface area contributed by atoms with Crippen LogP contribution in [-0.4, -0.2) is 23.7 Å². The molecule has 4 rings (SSSR count). The molecule has 1 N–H and O–H groups in total. The molecule has 0 unspecified atom stereocenters. The molecule has 156 valence electrons. The lowest BCUT2D eigenvalue weighted by Crippen LogP contribution is -2.45. The van der Waals surface area contributed by atoms with E-state index in [0.717, 1.165) is 17.7 Å². The highest BCUT2D eigenvalue weighted by molar-refractivity contribution is 8.18. The van der Waals surface area contributed by atoms with Crippen LogP contribution in [0, 0.1) is 13.8 Å². The molecule has 1 saturated heterocycles. The first kappa shape index (κ1) is 20.7. The molecule has 2 heterocycles. The predicted molar refractivity (Wildman–Crippen MR) is 129 cm³/mol. The Morgan fingerprint density at radius 3 is 2.67 bits per heavy atom. The Morgan fingerprint density at radius 1 is 1.17 bits per heavy atom. The second-order valence-electron chi connectivity index (χ2n) is 9.05. The number of benzene rings is 2. The van der Waals surface area contributed by atoms with Gasteiger partial charge in [0.15, 0.2) is 5.17 Å². The van der Waals surface area contributed by atoms with Crippen molar-refractivity contribution in [1.82, 2.24) is 5.32 Å². The van der Waals surface area contributed by atoms with Crippen molar-refractivity contribution >= 4 is 40.3 Å². The van der Waals surface area contributed by atoms with Crippen LogP contribution in [0.3, 0.4) is 0 Å². The second-order valence-corrected chi connectivity index (χ2v) is 10.1. The van der Waals surface area contributed by atoms with Gasteiger partial charge in [-0.25, -0.2) is 4.99 Å². The van der Waals surface area contributed by atoms with Gasteiger partial charge in [-0.1, -0.05) is 19.1 Å². The smallest absolute Gasteiger partial charge is 0.264 e. The minimum absolute atomic E-state index is 0.0911. The van der Waals surface area contributed by atoms with Crippen molar-refractivity contribution < 1.29 is 4.79 Å². The molecular formula is C25H29N3OS. The van der Waals surface area contributed by atoms with Gasteiger partial charge >= 0.3 is 0 Å². The van der Waals surface area contributed by atoms with Gasteiger partial charge in [0, 0.05) is 18.3 Å². The number of rotatable bonds is 2. The summed E-state index contributed by atoms with van der Waals surface area (Å²) in [5, 5.41) is 3.52. The molecule has 5 heteroatoms. The van der Waals surface area contributed by atoms with Gasteiger partial charge in [0.2, 0.25) is 0 Å². The van der Waals surface area contributed by atoms with E-state index in [9.17, 15) is 4.79 Å². The Labute approximate surface area is 183 Å². The van der Waals surface area contributed by atoms with E-state index >= 15 is 0 Å². The third-order valence-corrected chi connectivity index (χ3v) is 7.24. The van der Waals surface area contributed by atoms with Crippen LogP contribution in [-0.2, 0) is 4.79 Å². The summed E-state index contributed by atoms with van der Waals surface area (Å²) in [6, 6.07) is 12.6. The Hall–Kier alpha value is -2.53. The zero-order chi connectivity index (χ0) is 21.6. The van der Waals surface area contributed by atoms with Gasteiger partial charge in [-0.15, -0.1) is 0 Å². The summed E-state index contributed by atoms with van der Waals surface area (Å²) in [6.07, 6.45) is 3.08. The molecular weight excluding hydrogens is 390 g/mol. The molecule has 0 aliphatic carbocycles. The summed E-state index contributed by atoms with van der Waals surface area (Å²) in [4.78, 5) is 20.2. The SMILES string of the molecule is Cc1ccc(N=C2NC(=O)/C(=C/c3ccc4c(c3)[C@@H](C)CC(C)(C)N4C)S2)cc1C. The van der Waals surface area contributed by atoms with Gasteiger partial charge in [-0.2, -0.15) is 0 Å². The second kappa shape index (κ2) is 7.62. The fourth-order valence-electron chi connectivity index (χ4n) is 4.23. The van der Waals surface area contributed by atoms with E-state index in [-0.39, 0.29) is 11.4 Å². The molecule has 1 amide bonds. The fraction of sp³-hybridized carbons (Fsp3) is 0.360. The topological polar surface area (TPSA) is 44.7 Å². The molecule has 2 aliphatic rings. The zero-order valence-electron chi connectivity index (χ0n) is 18.5. The number of aryl methyl sites for hydroxylation is 2. The number of amidine groups is 1. The Kier molecular flexibility index (Phi) is 5.27. The van der Waals surface area contributed by atoms with Gasteiger partial charge in [-0.05, 0) is 104 Å². The van der Waals surface area contributed by atoms with Crippen LogP contribution < -0.4 is 10.2 Å². The van der Waals surface area contributed by atoms with Crippen molar-refractivity contribution in [2.75, 3.05) is 11.9 Å². The number of anilines is 1. The summed E-state index contributed by atoms with van der Waals surface area (Å²) in [7, 11) is 2.17. The summed E-state index contributed by atoms with van der Waals surface area (Å²) < 4.78 is 0. The van der Waals surface area contributed by atoms with Crippen LogP contribution in [0.5, 0.6) is 0 Å². The van der Waals surface area contributed by atoms with Gasteiger partial charge in [0.25, 0.3) is 5.91 Å². The van der Waals surface area contributed by atoms with E-state index in [1.165, 1.54) is 34.1 Å². The highest BCUT2D eigenvalue weighted by Crippen LogP contribution is 2.43. The summed E-state index contributed by atoms with van der Waals surface area (Å²) in [5.74, 6) is 0.392. The number of amides is 1. The van der Waals surface area contributed by atoms with Crippen molar-refractivity contribution in [2.24, 2.45) is 4.99 Å². The van der Waals surface area contributed by atoms with E-state index in [4.69, 9.17) is 0 Å². The van der Waals surface area contributed by atoms with Gasteiger partial charge < -0.3 is 10.2 Å². The molecule has 0 radical (unpaired) electrons. The largest absolute Gasteiger partial charge is 0.369 e. The van der Waals surface area contributed by atoms with Crippen molar-refractivity contribution in [1.29, 1.82) is 0 Å². The Balaban J connectivity index is 1.60. The fourth-order valence-corrected chi connectivity index (χ4v) is 5.07. The number of nitrogens with one attached hydrogen (secondary N) is 1. The zero-order valence-corrected chi connectivity index (χ0v) is 19.4. The molecule has 0 spiro atoms. The molecule has 2 aromatic rings. The number of hydrogen-bond acceptors (Lipinski definition) is 4. The number of carbonyl (C=O) groups is 1. The number of aliphatic imine (C=N–C) groups is 1. The molecule has 1 atom stereocenters. The molecule has 0 aromatic heterocycles. The van der Waals surface area contributed by atoms with Crippen LogP contribution >= 0.6 is 11.8 Å². The Morgan fingerprint density at radius 2 is 1.93 bits per heavy atom. The maximum absolute atomic E-state index is 12.5. The van der Waals surface area contributed by atoms with Gasteiger partial charge in [0.1, 0.15) is 0 Å². The van der Waals surface area contributed by atoms with Crippen LogP contribution in [0.4, 0.5) is 11.4 Å². The van der Waals surface area contributed by atoms with Crippen LogP contribution in [0.15, 0.2) is 46.3 Å². The monoisotopic (exact) mass is 419 g/mol. The van der Waals surface area contributed by atoms with E-state index in [1.807, 2.05) is 18.2 Å². The van der Waals surface area contributed by atoms with Crippen molar-refractivity contribution in [3.63, 3.8) is 0 Å². The molecule has 2 aliphatic heterocycles. The first-order chi connectivity index (χ1) is 14.1. The normalized spacial score (nSPS) is 23.1. The van der Waals surface area contributed by atoms with Crippen molar-refractivity contribution in [3.8, 4) is 0 Å².